The lowest BCUT2D eigenvalue weighted by molar-refractivity contribution is 0.317. The second-order valence-electron chi connectivity index (χ2n) is 4.37. The number of rotatable bonds is 1. The Morgan fingerprint density at radius 1 is 1.31 bits per heavy atom. The molecule has 0 atom stereocenters. The molecule has 3 nitrogen and oxygen atoms in total. The minimum Gasteiger partial charge on any atom is -0.359 e. The highest BCUT2D eigenvalue weighted by molar-refractivity contribution is 5.29. The van der Waals surface area contributed by atoms with E-state index in [9.17, 15) is 0 Å². The van der Waals surface area contributed by atoms with E-state index in [-0.39, 0.29) is 0 Å². The van der Waals surface area contributed by atoms with Gasteiger partial charge in [-0.15, -0.1) is 0 Å². The van der Waals surface area contributed by atoms with Crippen molar-refractivity contribution in [3.63, 3.8) is 0 Å². The van der Waals surface area contributed by atoms with E-state index < -0.39 is 5.54 Å². The highest BCUT2D eigenvalue weighted by Crippen LogP contribution is 2.29. The first-order chi connectivity index (χ1) is 6.09. The van der Waals surface area contributed by atoms with E-state index >= 15 is 0 Å². The molecule has 1 aromatic heterocycles. The zero-order chi connectivity index (χ0) is 9.47. The van der Waals surface area contributed by atoms with Crippen LogP contribution in [0.15, 0.2) is 4.52 Å². The van der Waals surface area contributed by atoms with E-state index in [1.165, 1.54) is 18.4 Å². The van der Waals surface area contributed by atoms with Crippen molar-refractivity contribution in [2.45, 2.75) is 45.1 Å². The normalized spacial score (nSPS) is 17.2. The first kappa shape index (κ1) is 8.75. The van der Waals surface area contributed by atoms with Gasteiger partial charge in [-0.25, -0.2) is 0 Å². The maximum atomic E-state index is 5.99. The van der Waals surface area contributed by atoms with Crippen LogP contribution in [0.5, 0.6) is 0 Å². The number of aromatic nitrogens is 1. The molecule has 1 aromatic rings. The van der Waals surface area contributed by atoms with Crippen LogP contribution in [0.2, 0.25) is 0 Å². The Kier molecular flexibility index (Phi) is 1.91. The molecule has 0 spiro atoms. The summed E-state index contributed by atoms with van der Waals surface area (Å²) in [5, 5.41) is 4.07. The van der Waals surface area contributed by atoms with Crippen molar-refractivity contribution in [3.8, 4) is 0 Å². The zero-order valence-electron chi connectivity index (χ0n) is 8.26. The van der Waals surface area contributed by atoms with Gasteiger partial charge in [0.05, 0.1) is 11.2 Å². The zero-order valence-corrected chi connectivity index (χ0v) is 8.26. The number of nitrogens with zero attached hydrogens (tertiary/aromatic N) is 1. The quantitative estimate of drug-likeness (QED) is 0.716. The summed E-state index contributed by atoms with van der Waals surface area (Å²) in [6.45, 7) is 3.92. The van der Waals surface area contributed by atoms with Crippen molar-refractivity contribution < 1.29 is 4.52 Å². The fourth-order valence-electron chi connectivity index (χ4n) is 1.90. The lowest BCUT2D eigenvalue weighted by Crippen LogP contribution is -2.29. The molecule has 1 heterocycles. The smallest absolute Gasteiger partial charge is 0.159 e. The van der Waals surface area contributed by atoms with Gasteiger partial charge in [0.25, 0.3) is 0 Å². The minimum atomic E-state index is -0.391. The molecule has 2 N–H and O–H groups in total. The molecule has 0 fully saturated rings. The molecule has 0 aliphatic heterocycles. The van der Waals surface area contributed by atoms with E-state index in [1.807, 2.05) is 13.8 Å². The molecule has 0 bridgehead atoms. The Bertz CT molecular complexity index is 309. The monoisotopic (exact) mass is 180 g/mol. The van der Waals surface area contributed by atoms with Gasteiger partial charge in [-0.2, -0.15) is 0 Å². The summed E-state index contributed by atoms with van der Waals surface area (Å²) in [4.78, 5) is 0. The van der Waals surface area contributed by atoms with Crippen LogP contribution in [0.4, 0.5) is 0 Å². The van der Waals surface area contributed by atoms with Crippen LogP contribution in [-0.2, 0) is 18.4 Å². The lowest BCUT2D eigenvalue weighted by Gasteiger charge is -2.18. The second kappa shape index (κ2) is 2.84. The van der Waals surface area contributed by atoms with Crippen molar-refractivity contribution in [2.75, 3.05) is 0 Å². The molecule has 0 radical (unpaired) electrons. The summed E-state index contributed by atoms with van der Waals surface area (Å²) < 4.78 is 5.31. The van der Waals surface area contributed by atoms with Crippen molar-refractivity contribution in [3.05, 3.63) is 17.0 Å². The van der Waals surface area contributed by atoms with E-state index in [4.69, 9.17) is 10.3 Å². The first-order valence-electron chi connectivity index (χ1n) is 4.86. The second-order valence-corrected chi connectivity index (χ2v) is 4.37. The van der Waals surface area contributed by atoms with E-state index in [2.05, 4.69) is 5.16 Å². The van der Waals surface area contributed by atoms with Crippen molar-refractivity contribution in [1.82, 2.24) is 5.16 Å². The Labute approximate surface area is 78.3 Å². The molecule has 1 aliphatic rings. The Morgan fingerprint density at radius 2 is 2.00 bits per heavy atom. The van der Waals surface area contributed by atoms with Crippen LogP contribution in [0.3, 0.4) is 0 Å². The third kappa shape index (κ3) is 1.48. The molecule has 0 aromatic carbocycles. The van der Waals surface area contributed by atoms with Gasteiger partial charge in [0.2, 0.25) is 0 Å². The molecule has 3 heteroatoms. The highest BCUT2D eigenvalue weighted by atomic mass is 16.5. The summed E-state index contributed by atoms with van der Waals surface area (Å²) in [5.41, 5.74) is 7.99. The summed E-state index contributed by atoms with van der Waals surface area (Å²) in [7, 11) is 0. The Morgan fingerprint density at radius 3 is 2.69 bits per heavy atom. The van der Waals surface area contributed by atoms with Gasteiger partial charge in [0.15, 0.2) is 5.76 Å². The van der Waals surface area contributed by atoms with E-state index in [1.54, 1.807) is 0 Å². The number of hydrogen-bond acceptors (Lipinski definition) is 3. The molecule has 0 saturated carbocycles. The number of nitrogens with two attached hydrogens (primary N) is 1. The van der Waals surface area contributed by atoms with Gasteiger partial charge in [0, 0.05) is 5.56 Å². The molecule has 0 amide bonds. The van der Waals surface area contributed by atoms with Crippen LogP contribution >= 0.6 is 0 Å². The number of aryl methyl sites for hydroxylation is 1. The predicted octanol–water partition coefficient (Wildman–Crippen LogP) is 1.75. The average Bonchev–Trinajstić information content (AvgIpc) is 2.45. The number of fused-ring (bicyclic) bond motifs is 1. The number of hydrogen-bond donors (Lipinski definition) is 1. The fourth-order valence-corrected chi connectivity index (χ4v) is 1.90. The van der Waals surface area contributed by atoms with Crippen LogP contribution in [0, 0.1) is 0 Å². The molecule has 1 aliphatic carbocycles. The average molecular weight is 180 g/mol. The molecule has 0 saturated heterocycles. The molecule has 72 valence electrons. The topological polar surface area (TPSA) is 52.0 Å². The first-order valence-corrected chi connectivity index (χ1v) is 4.86. The summed E-state index contributed by atoms with van der Waals surface area (Å²) in [5.74, 6) is 0.877. The van der Waals surface area contributed by atoms with Gasteiger partial charge in [0.1, 0.15) is 0 Å². The lowest BCUT2D eigenvalue weighted by atomic mass is 9.90. The van der Waals surface area contributed by atoms with Gasteiger partial charge in [-0.3, -0.25) is 0 Å². The van der Waals surface area contributed by atoms with Crippen LogP contribution < -0.4 is 5.73 Å². The van der Waals surface area contributed by atoms with Crippen molar-refractivity contribution in [1.29, 1.82) is 0 Å². The van der Waals surface area contributed by atoms with Gasteiger partial charge < -0.3 is 10.3 Å². The summed E-state index contributed by atoms with van der Waals surface area (Å²) in [6, 6.07) is 0. The van der Waals surface area contributed by atoms with Crippen LogP contribution in [-0.4, -0.2) is 5.16 Å². The Hall–Kier alpha value is -0.830. The molecule has 0 unspecified atom stereocenters. The van der Waals surface area contributed by atoms with E-state index in [0.717, 1.165) is 24.3 Å². The SMILES string of the molecule is CC(C)(N)c1onc2c1CCCC2. The fraction of sp³-hybridized carbons (Fsp3) is 0.700. The Balaban J connectivity index is 2.43. The maximum absolute atomic E-state index is 5.99. The largest absolute Gasteiger partial charge is 0.359 e. The minimum absolute atomic E-state index is 0.391. The molecular weight excluding hydrogens is 164 g/mol. The maximum Gasteiger partial charge on any atom is 0.159 e. The third-order valence-electron chi connectivity index (χ3n) is 2.55. The standard InChI is InChI=1S/C10H16N2O/c1-10(2,11)9-7-5-3-4-6-8(7)12-13-9/h3-6,11H2,1-2H3. The molecule has 2 rings (SSSR count). The van der Waals surface area contributed by atoms with Gasteiger partial charge in [-0.05, 0) is 39.5 Å². The third-order valence-corrected chi connectivity index (χ3v) is 2.55. The predicted molar refractivity (Wildman–Crippen MR) is 50.4 cm³/mol. The van der Waals surface area contributed by atoms with Gasteiger partial charge >= 0.3 is 0 Å². The summed E-state index contributed by atoms with van der Waals surface area (Å²) in [6.07, 6.45) is 4.59. The molecular formula is C10H16N2O. The van der Waals surface area contributed by atoms with Gasteiger partial charge in [-0.1, -0.05) is 5.16 Å². The van der Waals surface area contributed by atoms with Crippen LogP contribution in [0.1, 0.15) is 43.7 Å². The highest BCUT2D eigenvalue weighted by Gasteiger charge is 2.27. The summed E-state index contributed by atoms with van der Waals surface area (Å²) >= 11 is 0. The van der Waals surface area contributed by atoms with Crippen molar-refractivity contribution in [2.24, 2.45) is 5.73 Å². The molecule has 13 heavy (non-hydrogen) atoms. The van der Waals surface area contributed by atoms with Crippen LogP contribution in [0.25, 0.3) is 0 Å². The van der Waals surface area contributed by atoms with E-state index in [0.29, 0.717) is 0 Å². The van der Waals surface area contributed by atoms with Crippen molar-refractivity contribution >= 4 is 0 Å².